The maximum atomic E-state index is 11.6. The third kappa shape index (κ3) is 1.14. The van der Waals surface area contributed by atoms with E-state index in [1.54, 1.807) is 0 Å². The zero-order valence-electron chi connectivity index (χ0n) is 8.81. The fourth-order valence-corrected chi connectivity index (χ4v) is 2.89. The van der Waals surface area contributed by atoms with Gasteiger partial charge in [0.2, 0.25) is 0 Å². The molecule has 3 heteroatoms. The minimum atomic E-state index is -0.380. The predicted octanol–water partition coefficient (Wildman–Crippen LogP) is 1.46. The van der Waals surface area contributed by atoms with Crippen molar-refractivity contribution in [3.63, 3.8) is 0 Å². The van der Waals surface area contributed by atoms with Gasteiger partial charge in [0.15, 0.2) is 0 Å². The van der Waals surface area contributed by atoms with E-state index in [9.17, 15) is 9.59 Å². The number of fused-ring (bicyclic) bond motifs is 1. The molecule has 1 aromatic rings. The van der Waals surface area contributed by atoms with Crippen LogP contribution in [0.25, 0.3) is 0 Å². The molecule has 1 heterocycles. The molecule has 16 heavy (non-hydrogen) atoms. The standard InChI is InChI=1S/C13H12O3/c14-10-6-11-12(15)16-8-13(11,7-10)9-4-2-1-3-5-9/h1-5,11H,6-8H2/t11?,13-/m1/s1. The number of esters is 1. The highest BCUT2D eigenvalue weighted by Gasteiger charge is 2.57. The SMILES string of the molecule is O=C1CC2C(=O)OC[C@@]2(c2ccccc2)C1. The molecule has 0 spiro atoms. The Hall–Kier alpha value is -1.64. The minimum Gasteiger partial charge on any atom is -0.464 e. The number of ether oxygens (including phenoxy) is 1. The third-order valence-corrected chi connectivity index (χ3v) is 3.72. The van der Waals surface area contributed by atoms with Crippen molar-refractivity contribution < 1.29 is 14.3 Å². The van der Waals surface area contributed by atoms with Crippen LogP contribution < -0.4 is 0 Å². The third-order valence-electron chi connectivity index (χ3n) is 3.72. The first-order valence-corrected chi connectivity index (χ1v) is 5.46. The van der Waals surface area contributed by atoms with Gasteiger partial charge in [-0.25, -0.2) is 0 Å². The highest BCUT2D eigenvalue weighted by atomic mass is 16.5. The van der Waals surface area contributed by atoms with Crippen molar-refractivity contribution in [1.29, 1.82) is 0 Å². The second-order valence-corrected chi connectivity index (χ2v) is 4.60. The van der Waals surface area contributed by atoms with E-state index in [2.05, 4.69) is 0 Å². The molecule has 1 saturated carbocycles. The van der Waals surface area contributed by atoms with Crippen molar-refractivity contribution in [2.75, 3.05) is 6.61 Å². The van der Waals surface area contributed by atoms with Crippen LogP contribution in [0.2, 0.25) is 0 Å². The summed E-state index contributed by atoms with van der Waals surface area (Å²) >= 11 is 0. The molecule has 2 aliphatic rings. The Balaban J connectivity index is 2.09. The van der Waals surface area contributed by atoms with E-state index in [1.165, 1.54) is 0 Å². The van der Waals surface area contributed by atoms with E-state index in [4.69, 9.17) is 4.74 Å². The number of hydrogen-bond acceptors (Lipinski definition) is 3. The van der Waals surface area contributed by atoms with Gasteiger partial charge in [-0.1, -0.05) is 30.3 Å². The number of Topliss-reactive ketones (excluding diaryl/α,β-unsaturated/α-hetero) is 1. The molecule has 0 aromatic heterocycles. The number of carbonyl (C=O) groups is 2. The zero-order valence-corrected chi connectivity index (χ0v) is 8.81. The van der Waals surface area contributed by atoms with E-state index in [0.29, 0.717) is 19.4 Å². The van der Waals surface area contributed by atoms with Gasteiger partial charge in [-0.2, -0.15) is 0 Å². The average molecular weight is 216 g/mol. The smallest absolute Gasteiger partial charge is 0.310 e. The van der Waals surface area contributed by atoms with Gasteiger partial charge >= 0.3 is 5.97 Å². The molecule has 1 aliphatic heterocycles. The Kier molecular flexibility index (Phi) is 1.90. The molecule has 0 radical (unpaired) electrons. The van der Waals surface area contributed by atoms with Gasteiger partial charge in [0.05, 0.1) is 11.3 Å². The van der Waals surface area contributed by atoms with Gasteiger partial charge in [-0.3, -0.25) is 9.59 Å². The summed E-state index contributed by atoms with van der Waals surface area (Å²) in [5, 5.41) is 0. The molecule has 3 nitrogen and oxygen atoms in total. The molecule has 1 unspecified atom stereocenters. The lowest BCUT2D eigenvalue weighted by Gasteiger charge is -2.24. The predicted molar refractivity (Wildman–Crippen MR) is 56.8 cm³/mol. The lowest BCUT2D eigenvalue weighted by atomic mass is 9.74. The number of hydrogen-bond donors (Lipinski definition) is 0. The second-order valence-electron chi connectivity index (χ2n) is 4.60. The minimum absolute atomic E-state index is 0.172. The topological polar surface area (TPSA) is 43.4 Å². The Morgan fingerprint density at radius 3 is 2.69 bits per heavy atom. The van der Waals surface area contributed by atoms with Gasteiger partial charge in [-0.05, 0) is 5.56 Å². The molecular weight excluding hydrogens is 204 g/mol. The number of ketones is 1. The quantitative estimate of drug-likeness (QED) is 0.667. The molecule has 0 bridgehead atoms. The Labute approximate surface area is 93.4 Å². The van der Waals surface area contributed by atoms with Crippen LogP contribution in [0.15, 0.2) is 30.3 Å². The molecule has 2 atom stereocenters. The van der Waals surface area contributed by atoms with E-state index < -0.39 is 0 Å². The first kappa shape index (κ1) is 9.58. The van der Waals surface area contributed by atoms with E-state index >= 15 is 0 Å². The van der Waals surface area contributed by atoms with Crippen LogP contribution in [-0.2, 0) is 19.7 Å². The van der Waals surface area contributed by atoms with Crippen LogP contribution in [0.1, 0.15) is 18.4 Å². The lowest BCUT2D eigenvalue weighted by Crippen LogP contribution is -2.30. The summed E-state index contributed by atoms with van der Waals surface area (Å²) in [7, 11) is 0. The van der Waals surface area contributed by atoms with Crippen molar-refractivity contribution in [2.45, 2.75) is 18.3 Å². The maximum absolute atomic E-state index is 11.6. The van der Waals surface area contributed by atoms with Crippen LogP contribution in [-0.4, -0.2) is 18.4 Å². The van der Waals surface area contributed by atoms with Crippen molar-refractivity contribution in [1.82, 2.24) is 0 Å². The molecule has 1 aliphatic carbocycles. The fraction of sp³-hybridized carbons (Fsp3) is 0.385. The number of rotatable bonds is 1. The van der Waals surface area contributed by atoms with Gasteiger partial charge in [0.25, 0.3) is 0 Å². The fourth-order valence-electron chi connectivity index (χ4n) is 2.89. The highest BCUT2D eigenvalue weighted by molar-refractivity contribution is 5.93. The number of benzene rings is 1. The maximum Gasteiger partial charge on any atom is 0.310 e. The van der Waals surface area contributed by atoms with Crippen molar-refractivity contribution in [2.24, 2.45) is 5.92 Å². The molecule has 0 N–H and O–H groups in total. The first-order valence-electron chi connectivity index (χ1n) is 5.46. The van der Waals surface area contributed by atoms with Gasteiger partial charge < -0.3 is 4.74 Å². The van der Waals surface area contributed by atoms with Gasteiger partial charge in [-0.15, -0.1) is 0 Å². The van der Waals surface area contributed by atoms with E-state index in [-0.39, 0.29) is 23.1 Å². The summed E-state index contributed by atoms with van der Waals surface area (Å²) < 4.78 is 5.13. The van der Waals surface area contributed by atoms with Gasteiger partial charge in [0, 0.05) is 12.8 Å². The highest BCUT2D eigenvalue weighted by Crippen LogP contribution is 2.48. The van der Waals surface area contributed by atoms with Crippen LogP contribution >= 0.6 is 0 Å². The van der Waals surface area contributed by atoms with Crippen molar-refractivity contribution in [3.8, 4) is 0 Å². The largest absolute Gasteiger partial charge is 0.464 e. The summed E-state index contributed by atoms with van der Waals surface area (Å²) in [4.78, 5) is 23.2. The zero-order chi connectivity index (χ0) is 11.2. The van der Waals surface area contributed by atoms with Crippen molar-refractivity contribution >= 4 is 11.8 Å². The molecule has 2 fully saturated rings. The summed E-state index contributed by atoms with van der Waals surface area (Å²) in [6.07, 6.45) is 0.779. The van der Waals surface area contributed by atoms with Crippen LogP contribution in [0.5, 0.6) is 0 Å². The molecule has 3 rings (SSSR count). The Morgan fingerprint density at radius 2 is 1.94 bits per heavy atom. The van der Waals surface area contributed by atoms with Crippen LogP contribution in [0, 0.1) is 5.92 Å². The monoisotopic (exact) mass is 216 g/mol. The second kappa shape index (κ2) is 3.17. The van der Waals surface area contributed by atoms with Crippen LogP contribution in [0.3, 0.4) is 0 Å². The molecular formula is C13H12O3. The normalized spacial score (nSPS) is 32.6. The first-order chi connectivity index (χ1) is 7.72. The average Bonchev–Trinajstić information content (AvgIpc) is 2.79. The Morgan fingerprint density at radius 1 is 1.19 bits per heavy atom. The van der Waals surface area contributed by atoms with Crippen LogP contribution in [0.4, 0.5) is 0 Å². The van der Waals surface area contributed by atoms with Gasteiger partial charge in [0.1, 0.15) is 12.4 Å². The molecule has 82 valence electrons. The summed E-state index contributed by atoms with van der Waals surface area (Å²) in [6.45, 7) is 0.353. The molecule has 1 aromatic carbocycles. The summed E-state index contributed by atoms with van der Waals surface area (Å²) in [5.41, 5.74) is 0.673. The lowest BCUT2D eigenvalue weighted by molar-refractivity contribution is -0.142. The number of carbonyl (C=O) groups excluding carboxylic acids is 2. The molecule has 0 amide bonds. The number of cyclic esters (lactones) is 1. The Bertz CT molecular complexity index is 452. The van der Waals surface area contributed by atoms with E-state index in [0.717, 1.165) is 5.56 Å². The molecule has 1 saturated heterocycles. The summed E-state index contributed by atoms with van der Waals surface area (Å²) in [5.74, 6) is -0.303. The van der Waals surface area contributed by atoms with Crippen molar-refractivity contribution in [3.05, 3.63) is 35.9 Å². The van der Waals surface area contributed by atoms with E-state index in [1.807, 2.05) is 30.3 Å². The summed E-state index contributed by atoms with van der Waals surface area (Å²) in [6, 6.07) is 9.77.